The molecule has 0 bridgehead atoms. The van der Waals surface area contributed by atoms with Crippen LogP contribution >= 0.6 is 0 Å². The van der Waals surface area contributed by atoms with Crippen molar-refractivity contribution in [1.82, 2.24) is 20.5 Å². The molecule has 2 aliphatic heterocycles. The summed E-state index contributed by atoms with van der Waals surface area (Å²) in [5, 5.41) is 4.66. The lowest BCUT2D eigenvalue weighted by Crippen LogP contribution is -2.22. The number of furan rings is 1. The summed E-state index contributed by atoms with van der Waals surface area (Å²) in [4.78, 5) is 39.2. The largest absolute Gasteiger partial charge is 0.497 e. The molecule has 0 radical (unpaired) electrons. The second-order valence-electron chi connectivity index (χ2n) is 6.76. The van der Waals surface area contributed by atoms with E-state index < -0.39 is 23.8 Å². The molecule has 2 N–H and O–H groups in total. The lowest BCUT2D eigenvalue weighted by atomic mass is 10.1. The first-order chi connectivity index (χ1) is 14.4. The van der Waals surface area contributed by atoms with Gasteiger partial charge in [0.05, 0.1) is 24.9 Å². The van der Waals surface area contributed by atoms with Crippen molar-refractivity contribution in [2.75, 3.05) is 14.2 Å². The Hall–Kier alpha value is -3.95. The van der Waals surface area contributed by atoms with Gasteiger partial charge in [-0.15, -0.1) is 0 Å². The third kappa shape index (κ3) is 3.43. The number of ether oxygens (including phenoxy) is 1. The number of nitrogens with zero attached hydrogens (tertiary/aromatic N) is 2. The number of rotatable bonds is 2. The van der Waals surface area contributed by atoms with Gasteiger partial charge in [-0.1, -0.05) is 6.07 Å². The van der Waals surface area contributed by atoms with Crippen LogP contribution in [0.2, 0.25) is 0 Å². The normalized spacial score (nSPS) is 17.4. The number of fused-ring (bicyclic) bond motifs is 2. The summed E-state index contributed by atoms with van der Waals surface area (Å²) >= 11 is 0. The molecule has 1 unspecified atom stereocenters. The van der Waals surface area contributed by atoms with Crippen LogP contribution in [0.15, 0.2) is 41.1 Å². The van der Waals surface area contributed by atoms with Gasteiger partial charge in [0.2, 0.25) is 0 Å². The van der Waals surface area contributed by atoms with Crippen LogP contribution in [0.1, 0.15) is 27.7 Å². The van der Waals surface area contributed by atoms with E-state index in [4.69, 9.17) is 9.15 Å². The zero-order chi connectivity index (χ0) is 21.4. The van der Waals surface area contributed by atoms with E-state index in [-0.39, 0.29) is 22.6 Å². The number of amides is 4. The average molecular weight is 412 g/mol. The van der Waals surface area contributed by atoms with Crippen molar-refractivity contribution in [1.29, 1.82) is 0 Å². The third-order valence-electron chi connectivity index (χ3n) is 4.78. The fourth-order valence-electron chi connectivity index (χ4n) is 3.26. The van der Waals surface area contributed by atoms with Crippen molar-refractivity contribution in [2.24, 2.45) is 0 Å². The van der Waals surface area contributed by atoms with Crippen molar-refractivity contribution in [3.8, 4) is 5.75 Å². The van der Waals surface area contributed by atoms with Gasteiger partial charge in [0, 0.05) is 19.2 Å². The van der Waals surface area contributed by atoms with E-state index in [0.717, 1.165) is 23.1 Å². The summed E-state index contributed by atoms with van der Waals surface area (Å²) in [5.41, 5.74) is 2.07. The first-order valence-corrected chi connectivity index (χ1v) is 8.94. The molecule has 1 atom stereocenters. The lowest BCUT2D eigenvalue weighted by Gasteiger charge is -2.04. The van der Waals surface area contributed by atoms with Crippen molar-refractivity contribution in [3.63, 3.8) is 0 Å². The number of methoxy groups -OCH3 is 1. The van der Waals surface area contributed by atoms with Crippen LogP contribution in [0.25, 0.3) is 11.0 Å². The van der Waals surface area contributed by atoms with Crippen LogP contribution in [0.4, 0.5) is 9.18 Å². The fourth-order valence-corrected chi connectivity index (χ4v) is 3.26. The fraction of sp³-hybridized carbons (Fsp3) is 0.200. The summed E-state index contributed by atoms with van der Waals surface area (Å²) in [5.74, 6) is -0.0730. The smallest absolute Gasteiger partial charge is 0.322 e. The lowest BCUT2D eigenvalue weighted by molar-refractivity contribution is -0.120. The molecule has 10 heteroatoms. The molecule has 0 aliphatic carbocycles. The Morgan fingerprint density at radius 1 is 1.23 bits per heavy atom. The molecule has 1 saturated heterocycles. The number of aromatic nitrogens is 1. The summed E-state index contributed by atoms with van der Waals surface area (Å²) in [6, 6.07) is 5.47. The van der Waals surface area contributed by atoms with Crippen LogP contribution in [-0.4, -0.2) is 41.9 Å². The molecule has 154 valence electrons. The summed E-state index contributed by atoms with van der Waals surface area (Å²) in [6.45, 7) is 0.707. The molecule has 1 fully saturated rings. The molecule has 0 spiro atoms. The van der Waals surface area contributed by atoms with Gasteiger partial charge in [-0.25, -0.2) is 9.18 Å². The molecule has 4 heterocycles. The van der Waals surface area contributed by atoms with Gasteiger partial charge in [-0.3, -0.25) is 19.9 Å². The third-order valence-corrected chi connectivity index (χ3v) is 4.78. The number of hydrogen-bond donors (Lipinski definition) is 2. The Morgan fingerprint density at radius 3 is 2.70 bits per heavy atom. The Labute approximate surface area is 169 Å². The Kier molecular flexibility index (Phi) is 4.82. The molecule has 30 heavy (non-hydrogen) atoms. The molecule has 2 aromatic heterocycles. The maximum absolute atomic E-state index is 13.3. The topological polar surface area (TPSA) is 114 Å². The van der Waals surface area contributed by atoms with Crippen LogP contribution in [0.3, 0.4) is 0 Å². The van der Waals surface area contributed by atoms with Crippen LogP contribution in [-0.2, 0) is 11.3 Å². The van der Waals surface area contributed by atoms with Crippen molar-refractivity contribution in [3.05, 3.63) is 59.4 Å². The molecular weight excluding hydrogens is 395 g/mol. The minimum Gasteiger partial charge on any atom is -0.497 e. The standard InChI is InChI=1S/C10H6FN3O3.C10H11NO2/c11-5-2-12-3-7-4(5)1-6(17-7)8-9(15)14-10(16)13-8;1-11-6-7-3-4-8(13-2)5-9(7)10(11)12/h1-3,8H,(H2,13,14,15,16);3-5H,6H2,1-2H3. The average Bonchev–Trinajstić information content (AvgIpc) is 3.38. The number of urea groups is 1. The maximum Gasteiger partial charge on any atom is 0.322 e. The highest BCUT2D eigenvalue weighted by Crippen LogP contribution is 2.27. The number of imide groups is 1. The number of carbonyl (C=O) groups excluding carboxylic acids is 3. The number of benzene rings is 1. The molecule has 5 rings (SSSR count). The molecule has 2 aliphatic rings. The summed E-state index contributed by atoms with van der Waals surface area (Å²) in [7, 11) is 3.40. The molecule has 3 aromatic rings. The van der Waals surface area contributed by atoms with Gasteiger partial charge < -0.3 is 19.4 Å². The minimum absolute atomic E-state index is 0.0777. The van der Waals surface area contributed by atoms with Crippen LogP contribution in [0, 0.1) is 5.82 Å². The highest BCUT2D eigenvalue weighted by atomic mass is 19.1. The summed E-state index contributed by atoms with van der Waals surface area (Å²) < 4.78 is 23.7. The van der Waals surface area contributed by atoms with Gasteiger partial charge in [0.15, 0.2) is 17.4 Å². The zero-order valence-electron chi connectivity index (χ0n) is 16.1. The van der Waals surface area contributed by atoms with Gasteiger partial charge >= 0.3 is 6.03 Å². The molecule has 9 nitrogen and oxygen atoms in total. The monoisotopic (exact) mass is 412 g/mol. The summed E-state index contributed by atoms with van der Waals surface area (Å²) in [6.07, 6.45) is 2.39. The predicted octanol–water partition coefficient (Wildman–Crippen LogP) is 2.13. The van der Waals surface area contributed by atoms with E-state index in [9.17, 15) is 18.8 Å². The van der Waals surface area contributed by atoms with Crippen LogP contribution < -0.4 is 15.4 Å². The predicted molar refractivity (Wildman–Crippen MR) is 102 cm³/mol. The molecular formula is C20H17FN4O5. The zero-order valence-corrected chi connectivity index (χ0v) is 16.1. The Bertz CT molecular complexity index is 1180. The molecule has 1 aromatic carbocycles. The van der Waals surface area contributed by atoms with E-state index in [1.165, 1.54) is 12.3 Å². The van der Waals surface area contributed by atoms with E-state index in [1.54, 1.807) is 25.1 Å². The van der Waals surface area contributed by atoms with E-state index >= 15 is 0 Å². The van der Waals surface area contributed by atoms with Crippen molar-refractivity contribution in [2.45, 2.75) is 12.6 Å². The van der Waals surface area contributed by atoms with Gasteiger partial charge in [-0.2, -0.15) is 0 Å². The van der Waals surface area contributed by atoms with Gasteiger partial charge in [0.1, 0.15) is 11.5 Å². The maximum atomic E-state index is 13.3. The molecule has 0 saturated carbocycles. The number of hydrogen-bond acceptors (Lipinski definition) is 6. The SMILES string of the molecule is COc1ccc2c(c1)C(=O)N(C)C2.O=C1NC(=O)C(c2cc3c(F)cncc3o2)N1. The quantitative estimate of drug-likeness (QED) is 0.624. The van der Waals surface area contributed by atoms with Crippen molar-refractivity contribution < 1.29 is 27.9 Å². The highest BCUT2D eigenvalue weighted by Gasteiger charge is 2.33. The highest BCUT2D eigenvalue weighted by molar-refractivity contribution is 6.04. The second kappa shape index (κ2) is 7.47. The van der Waals surface area contributed by atoms with E-state index in [0.29, 0.717) is 6.54 Å². The Morgan fingerprint density at radius 2 is 2.03 bits per heavy atom. The minimum atomic E-state index is -0.922. The van der Waals surface area contributed by atoms with E-state index in [1.807, 2.05) is 12.1 Å². The van der Waals surface area contributed by atoms with E-state index in [2.05, 4.69) is 15.6 Å². The van der Waals surface area contributed by atoms with Gasteiger partial charge in [0.25, 0.3) is 11.8 Å². The first-order valence-electron chi connectivity index (χ1n) is 8.94. The molecule has 4 amide bonds. The second-order valence-corrected chi connectivity index (χ2v) is 6.76. The number of carbonyl (C=O) groups is 3. The number of nitrogens with one attached hydrogen (secondary N) is 2. The number of halogens is 1. The van der Waals surface area contributed by atoms with Crippen molar-refractivity contribution >= 4 is 28.8 Å². The van der Waals surface area contributed by atoms with Crippen LogP contribution in [0.5, 0.6) is 5.75 Å². The first kappa shape index (κ1) is 19.4. The van der Waals surface area contributed by atoms with Gasteiger partial charge in [-0.05, 0) is 23.8 Å². The number of pyridine rings is 1. The Balaban J connectivity index is 0.000000151.